The number of hydrogen-bond donors (Lipinski definition) is 2. The van der Waals surface area contributed by atoms with Gasteiger partial charge in [-0.3, -0.25) is 4.79 Å². The maximum absolute atomic E-state index is 11.1. The molecule has 1 unspecified atom stereocenters. The molecular formula is C7H13N3O2. The van der Waals surface area contributed by atoms with Crippen LogP contribution in [0.25, 0.3) is 0 Å². The Bertz CT molecular complexity index is 203. The summed E-state index contributed by atoms with van der Waals surface area (Å²) >= 11 is 0. The Kier molecular flexibility index (Phi) is 2.52. The van der Waals surface area contributed by atoms with E-state index in [1.165, 1.54) is 4.90 Å². The van der Waals surface area contributed by atoms with Gasteiger partial charge in [0.1, 0.15) is 0 Å². The number of amides is 3. The first-order valence-electron chi connectivity index (χ1n) is 3.84. The van der Waals surface area contributed by atoms with Crippen molar-refractivity contribution in [2.24, 2.45) is 0 Å². The zero-order valence-electron chi connectivity index (χ0n) is 7.26. The molecule has 0 aromatic rings. The van der Waals surface area contributed by atoms with E-state index in [1.807, 2.05) is 0 Å². The second kappa shape index (κ2) is 3.42. The lowest BCUT2D eigenvalue weighted by Gasteiger charge is -2.15. The summed E-state index contributed by atoms with van der Waals surface area (Å²) < 4.78 is 0. The van der Waals surface area contributed by atoms with Crippen molar-refractivity contribution in [2.45, 2.75) is 12.5 Å². The number of carbonyl (C=O) groups excluding carboxylic acids is 2. The van der Waals surface area contributed by atoms with Crippen LogP contribution in [0.2, 0.25) is 0 Å². The standard InChI is InChI=1S/C7H13N3O2/c1-10(2)7(12)9-5-3-6(11)8-4-5/h5H,3-4H2,1-2H3,(H,8,11)(H,9,12). The van der Waals surface area contributed by atoms with Crippen LogP contribution in [0.1, 0.15) is 6.42 Å². The van der Waals surface area contributed by atoms with Crippen molar-refractivity contribution in [3.8, 4) is 0 Å². The second-order valence-corrected chi connectivity index (χ2v) is 3.05. The summed E-state index contributed by atoms with van der Waals surface area (Å²) in [4.78, 5) is 23.3. The molecule has 0 saturated carbocycles. The van der Waals surface area contributed by atoms with Crippen LogP contribution in [-0.4, -0.2) is 43.5 Å². The van der Waals surface area contributed by atoms with Gasteiger partial charge >= 0.3 is 6.03 Å². The summed E-state index contributed by atoms with van der Waals surface area (Å²) in [5, 5.41) is 5.35. The average molecular weight is 171 g/mol. The van der Waals surface area contributed by atoms with Gasteiger partial charge in [-0.05, 0) is 0 Å². The van der Waals surface area contributed by atoms with Gasteiger partial charge in [-0.15, -0.1) is 0 Å². The SMILES string of the molecule is CN(C)C(=O)NC1CNC(=O)C1. The predicted octanol–water partition coefficient (Wildman–Crippen LogP) is -0.854. The van der Waals surface area contributed by atoms with Crippen molar-refractivity contribution >= 4 is 11.9 Å². The molecule has 0 aliphatic carbocycles. The summed E-state index contributed by atoms with van der Waals surface area (Å²) in [5.41, 5.74) is 0. The number of urea groups is 1. The summed E-state index contributed by atoms with van der Waals surface area (Å²) in [7, 11) is 3.33. The molecule has 1 heterocycles. The third-order valence-corrected chi connectivity index (χ3v) is 1.71. The van der Waals surface area contributed by atoms with E-state index in [2.05, 4.69) is 10.6 Å². The Morgan fingerprint density at radius 3 is 2.75 bits per heavy atom. The molecule has 1 aliphatic rings. The van der Waals surface area contributed by atoms with Crippen LogP contribution >= 0.6 is 0 Å². The highest BCUT2D eigenvalue weighted by atomic mass is 16.2. The topological polar surface area (TPSA) is 61.4 Å². The Balaban J connectivity index is 2.32. The van der Waals surface area contributed by atoms with Crippen molar-refractivity contribution in [3.05, 3.63) is 0 Å². The lowest BCUT2D eigenvalue weighted by Crippen LogP contribution is -2.42. The van der Waals surface area contributed by atoms with Crippen LogP contribution in [0.5, 0.6) is 0 Å². The third kappa shape index (κ3) is 2.11. The first-order chi connectivity index (χ1) is 5.59. The fourth-order valence-corrected chi connectivity index (χ4v) is 1.01. The summed E-state index contributed by atoms with van der Waals surface area (Å²) in [6, 6.07) is -0.205. The van der Waals surface area contributed by atoms with Gasteiger partial charge in [0, 0.05) is 27.1 Å². The van der Waals surface area contributed by atoms with Crippen molar-refractivity contribution < 1.29 is 9.59 Å². The van der Waals surface area contributed by atoms with Crippen molar-refractivity contribution in [2.75, 3.05) is 20.6 Å². The normalized spacial score (nSPS) is 21.8. The molecule has 0 radical (unpaired) electrons. The van der Waals surface area contributed by atoms with Crippen LogP contribution in [-0.2, 0) is 4.79 Å². The van der Waals surface area contributed by atoms with Gasteiger partial charge in [0.2, 0.25) is 5.91 Å². The molecule has 5 heteroatoms. The highest BCUT2D eigenvalue weighted by Gasteiger charge is 2.22. The van der Waals surface area contributed by atoms with Gasteiger partial charge in [0.25, 0.3) is 0 Å². The lowest BCUT2D eigenvalue weighted by atomic mass is 10.2. The Morgan fingerprint density at radius 2 is 2.33 bits per heavy atom. The minimum absolute atomic E-state index is 0.000874. The molecule has 12 heavy (non-hydrogen) atoms. The number of hydrogen-bond acceptors (Lipinski definition) is 2. The summed E-state index contributed by atoms with van der Waals surface area (Å²) in [5.74, 6) is -0.000874. The second-order valence-electron chi connectivity index (χ2n) is 3.05. The third-order valence-electron chi connectivity index (χ3n) is 1.71. The summed E-state index contributed by atoms with van der Waals surface area (Å²) in [6.45, 7) is 0.540. The molecule has 1 atom stereocenters. The van der Waals surface area contributed by atoms with Crippen LogP contribution in [0.3, 0.4) is 0 Å². The highest BCUT2D eigenvalue weighted by molar-refractivity contribution is 5.81. The van der Waals surface area contributed by atoms with Gasteiger partial charge in [0.05, 0.1) is 6.04 Å². The molecule has 1 aliphatic heterocycles. The van der Waals surface area contributed by atoms with Crippen molar-refractivity contribution in [1.29, 1.82) is 0 Å². The van der Waals surface area contributed by atoms with Gasteiger partial charge in [-0.25, -0.2) is 4.79 Å². The number of carbonyl (C=O) groups is 2. The predicted molar refractivity (Wildman–Crippen MR) is 43.6 cm³/mol. The van der Waals surface area contributed by atoms with Crippen LogP contribution < -0.4 is 10.6 Å². The molecule has 3 amide bonds. The molecule has 0 spiro atoms. The van der Waals surface area contributed by atoms with E-state index < -0.39 is 0 Å². The molecular weight excluding hydrogens is 158 g/mol. The number of rotatable bonds is 1. The monoisotopic (exact) mass is 171 g/mol. The molecule has 0 aromatic heterocycles. The highest BCUT2D eigenvalue weighted by Crippen LogP contribution is 1.98. The van der Waals surface area contributed by atoms with E-state index in [0.29, 0.717) is 13.0 Å². The fourth-order valence-electron chi connectivity index (χ4n) is 1.01. The Hall–Kier alpha value is -1.26. The fraction of sp³-hybridized carbons (Fsp3) is 0.714. The smallest absolute Gasteiger partial charge is 0.317 e. The van der Waals surface area contributed by atoms with Crippen molar-refractivity contribution in [3.63, 3.8) is 0 Å². The minimum Gasteiger partial charge on any atom is -0.354 e. The van der Waals surface area contributed by atoms with Gasteiger partial charge < -0.3 is 15.5 Å². The van der Waals surface area contributed by atoms with E-state index in [0.717, 1.165) is 0 Å². The van der Waals surface area contributed by atoms with E-state index in [-0.39, 0.29) is 18.0 Å². The quantitative estimate of drug-likeness (QED) is 0.539. The molecule has 68 valence electrons. The zero-order valence-corrected chi connectivity index (χ0v) is 7.26. The first-order valence-corrected chi connectivity index (χ1v) is 3.84. The molecule has 2 N–H and O–H groups in total. The van der Waals surface area contributed by atoms with Gasteiger partial charge in [-0.1, -0.05) is 0 Å². The molecule has 0 aromatic carbocycles. The number of nitrogens with zero attached hydrogens (tertiary/aromatic N) is 1. The summed E-state index contributed by atoms with van der Waals surface area (Å²) in [6.07, 6.45) is 0.388. The number of nitrogens with one attached hydrogen (secondary N) is 2. The lowest BCUT2D eigenvalue weighted by molar-refractivity contribution is -0.119. The molecule has 5 nitrogen and oxygen atoms in total. The van der Waals surface area contributed by atoms with E-state index in [4.69, 9.17) is 0 Å². The van der Waals surface area contributed by atoms with Gasteiger partial charge in [0.15, 0.2) is 0 Å². The van der Waals surface area contributed by atoms with Crippen LogP contribution in [0, 0.1) is 0 Å². The molecule has 1 fully saturated rings. The molecule has 0 bridgehead atoms. The Morgan fingerprint density at radius 1 is 1.67 bits per heavy atom. The van der Waals surface area contributed by atoms with Gasteiger partial charge in [-0.2, -0.15) is 0 Å². The first kappa shape index (κ1) is 8.83. The van der Waals surface area contributed by atoms with E-state index >= 15 is 0 Å². The van der Waals surface area contributed by atoms with E-state index in [1.54, 1.807) is 14.1 Å². The van der Waals surface area contributed by atoms with Crippen molar-refractivity contribution in [1.82, 2.24) is 15.5 Å². The van der Waals surface area contributed by atoms with Crippen LogP contribution in [0.15, 0.2) is 0 Å². The molecule has 1 rings (SSSR count). The maximum Gasteiger partial charge on any atom is 0.317 e. The average Bonchev–Trinajstić information content (AvgIpc) is 2.35. The molecule has 1 saturated heterocycles. The van der Waals surface area contributed by atoms with E-state index in [9.17, 15) is 9.59 Å². The Labute approximate surface area is 71.1 Å². The zero-order chi connectivity index (χ0) is 9.14. The maximum atomic E-state index is 11.1. The minimum atomic E-state index is -0.156. The van der Waals surface area contributed by atoms with Crippen LogP contribution in [0.4, 0.5) is 4.79 Å². The largest absolute Gasteiger partial charge is 0.354 e.